The predicted molar refractivity (Wildman–Crippen MR) is 143 cm³/mol. The highest BCUT2D eigenvalue weighted by Gasteiger charge is 2.55. The van der Waals surface area contributed by atoms with Gasteiger partial charge in [0, 0.05) is 28.9 Å². The van der Waals surface area contributed by atoms with Gasteiger partial charge in [0.1, 0.15) is 5.03 Å². The van der Waals surface area contributed by atoms with Crippen LogP contribution >= 0.6 is 11.8 Å². The van der Waals surface area contributed by atoms with E-state index in [4.69, 9.17) is 9.72 Å². The second-order valence-electron chi connectivity index (χ2n) is 12.6. The number of piperidine rings is 1. The highest BCUT2D eigenvalue weighted by Crippen LogP contribution is 2.55. The normalized spacial score (nSPS) is 37.0. The van der Waals surface area contributed by atoms with Crippen molar-refractivity contribution >= 4 is 23.6 Å². The number of ether oxygens (including phenoxy) is 1. The molecule has 7 nitrogen and oxygen atoms in total. The van der Waals surface area contributed by atoms with Gasteiger partial charge in [-0.05, 0) is 94.2 Å². The Bertz CT molecular complexity index is 1020. The third-order valence-corrected chi connectivity index (χ3v) is 11.3. The summed E-state index contributed by atoms with van der Waals surface area (Å²) in [6, 6.07) is 4.07. The molecule has 1 amide bonds. The van der Waals surface area contributed by atoms with Gasteiger partial charge in [0.15, 0.2) is 0 Å². The van der Waals surface area contributed by atoms with Crippen molar-refractivity contribution in [2.75, 3.05) is 20.2 Å². The number of carbonyl (C=O) groups is 2. The molecular weight excluding hydrogens is 486 g/mol. The first-order chi connectivity index (χ1) is 17.9. The largest absolute Gasteiger partial charge is 0.469 e. The monoisotopic (exact) mass is 527 g/mol. The molecule has 1 saturated heterocycles. The van der Waals surface area contributed by atoms with Crippen molar-refractivity contribution in [3.05, 3.63) is 23.4 Å². The maximum Gasteiger partial charge on any atom is 0.306 e. The SMILES string of the molecule is COC(=O)C[C@@]1(c2ccc(C(=O)N[C@H]3C4CC5CC3C[C@@](O)(C5)C4)c(SC3CCCC3)n2)CCCNC1. The van der Waals surface area contributed by atoms with Crippen molar-refractivity contribution in [3.63, 3.8) is 0 Å². The summed E-state index contributed by atoms with van der Waals surface area (Å²) >= 11 is 1.75. The Hall–Kier alpha value is -1.64. The topological polar surface area (TPSA) is 101 Å². The molecule has 6 fully saturated rings. The number of rotatable bonds is 7. The van der Waals surface area contributed by atoms with Crippen LogP contribution in [0.2, 0.25) is 0 Å². The number of hydrogen-bond donors (Lipinski definition) is 3. The van der Waals surface area contributed by atoms with Crippen molar-refractivity contribution in [3.8, 4) is 0 Å². The number of esters is 1. The minimum Gasteiger partial charge on any atom is -0.469 e. The summed E-state index contributed by atoms with van der Waals surface area (Å²) in [5.74, 6) is 1.10. The molecule has 5 saturated carbocycles. The fourth-order valence-electron chi connectivity index (χ4n) is 8.39. The molecule has 202 valence electrons. The molecule has 7 rings (SSSR count). The number of aromatic nitrogens is 1. The van der Waals surface area contributed by atoms with Gasteiger partial charge in [-0.2, -0.15) is 0 Å². The van der Waals surface area contributed by atoms with Gasteiger partial charge in [0.05, 0.1) is 24.7 Å². The highest BCUT2D eigenvalue weighted by molar-refractivity contribution is 7.99. The summed E-state index contributed by atoms with van der Waals surface area (Å²) in [6.45, 7) is 1.62. The number of aliphatic hydroxyl groups is 1. The molecule has 1 aromatic rings. The van der Waals surface area contributed by atoms with Crippen molar-refractivity contribution in [2.24, 2.45) is 17.8 Å². The first-order valence-corrected chi connectivity index (χ1v) is 15.2. The Morgan fingerprint density at radius 3 is 2.57 bits per heavy atom. The molecule has 3 atom stereocenters. The van der Waals surface area contributed by atoms with Crippen LogP contribution in [0.1, 0.15) is 93.1 Å². The van der Waals surface area contributed by atoms with E-state index in [0.717, 1.165) is 75.1 Å². The van der Waals surface area contributed by atoms with Crippen LogP contribution in [0.15, 0.2) is 17.2 Å². The summed E-state index contributed by atoms with van der Waals surface area (Å²) in [6.07, 6.45) is 11.7. The Morgan fingerprint density at radius 1 is 1.16 bits per heavy atom. The molecular formula is C29H41N3O4S. The summed E-state index contributed by atoms with van der Waals surface area (Å²) in [5.41, 5.74) is 0.623. The summed E-state index contributed by atoms with van der Waals surface area (Å²) in [7, 11) is 1.44. The van der Waals surface area contributed by atoms with Crippen LogP contribution < -0.4 is 10.6 Å². The van der Waals surface area contributed by atoms with Crippen molar-refractivity contribution < 1.29 is 19.4 Å². The second kappa shape index (κ2) is 10.2. The molecule has 0 radical (unpaired) electrons. The fraction of sp³-hybridized carbons (Fsp3) is 0.759. The minimum absolute atomic E-state index is 0.0344. The van der Waals surface area contributed by atoms with E-state index in [2.05, 4.69) is 10.6 Å². The number of hydrogen-bond acceptors (Lipinski definition) is 7. The lowest BCUT2D eigenvalue weighted by Crippen LogP contribution is -2.61. The maximum atomic E-state index is 13.8. The van der Waals surface area contributed by atoms with Crippen molar-refractivity contribution in [2.45, 2.75) is 104 Å². The van der Waals surface area contributed by atoms with Gasteiger partial charge in [0.25, 0.3) is 5.91 Å². The van der Waals surface area contributed by atoms with Crippen molar-refractivity contribution in [1.29, 1.82) is 0 Å². The van der Waals surface area contributed by atoms with E-state index in [1.54, 1.807) is 11.8 Å². The van der Waals surface area contributed by atoms with Crippen LogP contribution in [-0.2, 0) is 14.9 Å². The zero-order chi connectivity index (χ0) is 25.6. The lowest BCUT2D eigenvalue weighted by atomic mass is 9.52. The van der Waals surface area contributed by atoms with Gasteiger partial charge >= 0.3 is 5.97 Å². The quantitative estimate of drug-likeness (QED) is 0.461. The third-order valence-electron chi connectivity index (χ3n) is 9.95. The van der Waals surface area contributed by atoms with Crippen LogP contribution in [0.4, 0.5) is 0 Å². The Kier molecular flexibility index (Phi) is 7.03. The number of methoxy groups -OCH3 is 1. The molecule has 4 bridgehead atoms. The number of nitrogens with zero attached hydrogens (tertiary/aromatic N) is 1. The van der Waals surface area contributed by atoms with Gasteiger partial charge in [-0.1, -0.05) is 12.8 Å². The molecule has 0 spiro atoms. The van der Waals surface area contributed by atoms with E-state index >= 15 is 0 Å². The zero-order valence-electron chi connectivity index (χ0n) is 22.0. The van der Waals surface area contributed by atoms with Gasteiger partial charge < -0.3 is 20.5 Å². The standard InChI is InChI=1S/C29H41N3O4S/c1-36-24(33)16-28(9-4-10-30-17-28)23-8-7-22(27(31-23)37-21-5-2-3-6-21)26(34)32-25-19-11-18-12-20(25)15-29(35,13-18)14-19/h7-8,18-21,25,30,35H,2-6,9-17H2,1H3,(H,32,34)/t18?,19?,20?,25-,28-,29+/m0/s1. The van der Waals surface area contributed by atoms with Crippen LogP contribution in [0.3, 0.4) is 0 Å². The predicted octanol–water partition coefficient (Wildman–Crippen LogP) is 3.97. The minimum atomic E-state index is -0.508. The average molecular weight is 528 g/mol. The van der Waals surface area contributed by atoms with Gasteiger partial charge in [-0.25, -0.2) is 4.98 Å². The van der Waals surface area contributed by atoms with E-state index in [1.807, 2.05) is 12.1 Å². The van der Waals surface area contributed by atoms with Gasteiger partial charge in [-0.15, -0.1) is 11.8 Å². The molecule has 8 heteroatoms. The number of pyridine rings is 1. The van der Waals surface area contributed by atoms with Crippen LogP contribution in [-0.4, -0.2) is 59.1 Å². The van der Waals surface area contributed by atoms with Crippen LogP contribution in [0.25, 0.3) is 0 Å². The lowest BCUT2D eigenvalue weighted by Gasteiger charge is -2.58. The van der Waals surface area contributed by atoms with E-state index in [9.17, 15) is 14.7 Å². The molecule has 1 aromatic heterocycles. The van der Waals surface area contributed by atoms with E-state index < -0.39 is 11.0 Å². The van der Waals surface area contributed by atoms with Crippen LogP contribution in [0.5, 0.6) is 0 Å². The van der Waals surface area contributed by atoms with Gasteiger partial charge in [0.2, 0.25) is 0 Å². The smallest absolute Gasteiger partial charge is 0.306 e. The van der Waals surface area contributed by atoms with E-state index in [1.165, 1.54) is 20.0 Å². The highest BCUT2D eigenvalue weighted by atomic mass is 32.2. The number of thioether (sulfide) groups is 1. The Morgan fingerprint density at radius 2 is 1.92 bits per heavy atom. The molecule has 2 unspecified atom stereocenters. The van der Waals surface area contributed by atoms with Crippen LogP contribution in [0, 0.1) is 17.8 Å². The number of amides is 1. The third kappa shape index (κ3) is 5.06. The van der Waals surface area contributed by atoms with Crippen molar-refractivity contribution in [1.82, 2.24) is 15.6 Å². The Labute approximate surface area is 224 Å². The second-order valence-corrected chi connectivity index (χ2v) is 13.9. The molecule has 0 aromatic carbocycles. The summed E-state index contributed by atoms with van der Waals surface area (Å²) < 4.78 is 5.06. The summed E-state index contributed by atoms with van der Waals surface area (Å²) in [4.78, 5) is 31.3. The molecule has 2 heterocycles. The lowest BCUT2D eigenvalue weighted by molar-refractivity contribution is -0.142. The molecule has 5 aliphatic carbocycles. The van der Waals surface area contributed by atoms with E-state index in [-0.39, 0.29) is 24.3 Å². The zero-order valence-corrected chi connectivity index (χ0v) is 22.8. The number of carbonyl (C=O) groups excluding carboxylic acids is 2. The average Bonchev–Trinajstić information content (AvgIpc) is 3.38. The Balaban J connectivity index is 1.28. The maximum absolute atomic E-state index is 13.8. The van der Waals surface area contributed by atoms with Gasteiger partial charge in [-0.3, -0.25) is 9.59 Å². The summed E-state index contributed by atoms with van der Waals surface area (Å²) in [5, 5.41) is 19.1. The molecule has 37 heavy (non-hydrogen) atoms. The molecule has 6 aliphatic rings. The number of nitrogens with one attached hydrogen (secondary N) is 2. The first kappa shape index (κ1) is 25.6. The fourth-order valence-corrected chi connectivity index (χ4v) is 9.71. The molecule has 3 N–H and O–H groups in total. The van der Waals surface area contributed by atoms with E-state index in [0.29, 0.717) is 35.1 Å². The first-order valence-electron chi connectivity index (χ1n) is 14.4. The molecule has 1 aliphatic heterocycles.